The number of phenols is 1. The van der Waals surface area contributed by atoms with Crippen LogP contribution in [0.3, 0.4) is 0 Å². The molecule has 0 bridgehead atoms. The number of nitrogens with zero attached hydrogens (tertiary/aromatic N) is 1. The van der Waals surface area contributed by atoms with Crippen molar-refractivity contribution in [2.75, 3.05) is 12.4 Å². The number of aliphatic hydroxyl groups is 1. The predicted molar refractivity (Wildman–Crippen MR) is 99.6 cm³/mol. The van der Waals surface area contributed by atoms with Crippen molar-refractivity contribution < 1.29 is 29.4 Å². The lowest BCUT2D eigenvalue weighted by molar-refractivity contribution is -0.385. The van der Waals surface area contributed by atoms with E-state index in [-0.39, 0.29) is 28.4 Å². The van der Waals surface area contributed by atoms with E-state index in [0.29, 0.717) is 5.02 Å². The summed E-state index contributed by atoms with van der Waals surface area (Å²) in [5.74, 6) is -0.830. The fourth-order valence-corrected chi connectivity index (χ4v) is 3.25. The number of carbonyl (C=O) groups excluding carboxylic acids is 1. The highest BCUT2D eigenvalue weighted by Gasteiger charge is 2.53. The van der Waals surface area contributed by atoms with Crippen molar-refractivity contribution >= 4 is 28.9 Å². The molecule has 2 aromatic rings. The van der Waals surface area contributed by atoms with Crippen molar-refractivity contribution in [1.29, 1.82) is 0 Å². The summed E-state index contributed by atoms with van der Waals surface area (Å²) in [5.41, 5.74) is -1.60. The number of rotatable bonds is 4. The summed E-state index contributed by atoms with van der Waals surface area (Å²) in [4.78, 5) is 22.9. The van der Waals surface area contributed by atoms with Gasteiger partial charge in [-0.25, -0.2) is 4.79 Å². The first kappa shape index (κ1) is 19.7. The third-order valence-corrected chi connectivity index (χ3v) is 4.84. The zero-order valence-electron chi connectivity index (χ0n) is 14.9. The quantitative estimate of drug-likeness (QED) is 0.304. The number of benzene rings is 2. The SMILES string of the molecule is COC(=O)[C@]1(C)Oc2ccc([N+](=O)[O-])cc2[C@H](Nc2cc(Cl)ccc2O)[C@H]1O. The summed E-state index contributed by atoms with van der Waals surface area (Å²) in [6, 6.07) is 7.00. The van der Waals surface area contributed by atoms with Gasteiger partial charge in [0.1, 0.15) is 17.6 Å². The maximum atomic E-state index is 12.3. The van der Waals surface area contributed by atoms with E-state index in [1.165, 1.54) is 43.3 Å². The number of nitro benzene ring substituents is 1. The zero-order valence-corrected chi connectivity index (χ0v) is 15.6. The van der Waals surface area contributed by atoms with Gasteiger partial charge >= 0.3 is 5.97 Å². The van der Waals surface area contributed by atoms with E-state index < -0.39 is 28.6 Å². The molecule has 9 nitrogen and oxygen atoms in total. The summed E-state index contributed by atoms with van der Waals surface area (Å²) in [7, 11) is 1.15. The number of methoxy groups -OCH3 is 1. The van der Waals surface area contributed by atoms with Gasteiger partial charge in [0.15, 0.2) is 0 Å². The molecule has 28 heavy (non-hydrogen) atoms. The second-order valence-electron chi connectivity index (χ2n) is 6.41. The average Bonchev–Trinajstić information content (AvgIpc) is 2.66. The van der Waals surface area contributed by atoms with Crippen LogP contribution in [0.1, 0.15) is 18.5 Å². The Hall–Kier alpha value is -3.04. The van der Waals surface area contributed by atoms with Gasteiger partial charge in [-0.3, -0.25) is 10.1 Å². The van der Waals surface area contributed by atoms with Crippen LogP contribution in [0.2, 0.25) is 5.02 Å². The molecule has 0 radical (unpaired) electrons. The molecule has 0 unspecified atom stereocenters. The molecule has 10 heteroatoms. The summed E-state index contributed by atoms with van der Waals surface area (Å²) < 4.78 is 10.4. The summed E-state index contributed by atoms with van der Waals surface area (Å²) in [6.07, 6.45) is -1.51. The number of non-ortho nitro benzene ring substituents is 1. The van der Waals surface area contributed by atoms with Crippen molar-refractivity contribution in [3.05, 3.63) is 57.1 Å². The topological polar surface area (TPSA) is 131 Å². The number of phenolic OH excluding ortho intramolecular Hbond substituents is 1. The second kappa shape index (κ2) is 7.17. The largest absolute Gasteiger partial charge is 0.506 e. The van der Waals surface area contributed by atoms with Gasteiger partial charge in [-0.1, -0.05) is 11.6 Å². The zero-order chi connectivity index (χ0) is 20.6. The Balaban J connectivity index is 2.14. The normalized spacial score (nSPS) is 23.3. The van der Waals surface area contributed by atoms with Crippen molar-refractivity contribution in [3.63, 3.8) is 0 Å². The van der Waals surface area contributed by atoms with Crippen LogP contribution in [0, 0.1) is 10.1 Å². The molecule has 1 heterocycles. The highest BCUT2D eigenvalue weighted by atomic mass is 35.5. The minimum Gasteiger partial charge on any atom is -0.506 e. The van der Waals surface area contributed by atoms with E-state index in [1.54, 1.807) is 0 Å². The highest BCUT2D eigenvalue weighted by molar-refractivity contribution is 6.30. The molecule has 1 aliphatic rings. The van der Waals surface area contributed by atoms with E-state index in [9.17, 15) is 25.1 Å². The molecule has 0 saturated carbocycles. The monoisotopic (exact) mass is 408 g/mol. The van der Waals surface area contributed by atoms with Gasteiger partial charge in [0, 0.05) is 22.7 Å². The van der Waals surface area contributed by atoms with Crippen LogP contribution in [0.15, 0.2) is 36.4 Å². The minimum atomic E-state index is -1.79. The number of esters is 1. The molecule has 148 valence electrons. The number of fused-ring (bicyclic) bond motifs is 1. The smallest absolute Gasteiger partial charge is 0.352 e. The van der Waals surface area contributed by atoms with Crippen LogP contribution in [-0.2, 0) is 9.53 Å². The molecule has 1 aliphatic heterocycles. The number of anilines is 1. The van der Waals surface area contributed by atoms with E-state index >= 15 is 0 Å². The lowest BCUT2D eigenvalue weighted by atomic mass is 9.84. The molecule has 0 spiro atoms. The Kier molecular flexibility index (Phi) is 5.05. The van der Waals surface area contributed by atoms with Gasteiger partial charge in [-0.05, 0) is 31.2 Å². The number of aliphatic hydroxyl groups excluding tert-OH is 1. The molecule has 0 saturated heterocycles. The van der Waals surface area contributed by atoms with Crippen molar-refractivity contribution in [2.24, 2.45) is 0 Å². The number of carbonyl (C=O) groups is 1. The van der Waals surface area contributed by atoms with Gasteiger partial charge < -0.3 is 25.0 Å². The number of nitro groups is 1. The predicted octanol–water partition coefficient (Wildman–Crippen LogP) is 2.79. The lowest BCUT2D eigenvalue weighted by Gasteiger charge is -2.42. The van der Waals surface area contributed by atoms with E-state index in [2.05, 4.69) is 5.32 Å². The molecular formula is C18H17ClN2O7. The first-order valence-corrected chi connectivity index (χ1v) is 8.54. The third kappa shape index (κ3) is 3.30. The first-order chi connectivity index (χ1) is 13.2. The van der Waals surface area contributed by atoms with E-state index in [0.717, 1.165) is 7.11 Å². The molecule has 0 aliphatic carbocycles. The number of aromatic hydroxyl groups is 1. The average molecular weight is 409 g/mol. The summed E-state index contributed by atoms with van der Waals surface area (Å²) >= 11 is 5.97. The highest BCUT2D eigenvalue weighted by Crippen LogP contribution is 2.44. The lowest BCUT2D eigenvalue weighted by Crippen LogP contribution is -2.58. The van der Waals surface area contributed by atoms with E-state index in [4.69, 9.17) is 21.1 Å². The maximum absolute atomic E-state index is 12.3. The number of hydrogen-bond donors (Lipinski definition) is 3. The molecule has 3 N–H and O–H groups in total. The first-order valence-electron chi connectivity index (χ1n) is 8.16. The van der Waals surface area contributed by atoms with E-state index in [1.807, 2.05) is 0 Å². The molecule has 3 rings (SSSR count). The van der Waals surface area contributed by atoms with Crippen LogP contribution in [-0.4, -0.2) is 39.9 Å². The molecule has 0 amide bonds. The van der Waals surface area contributed by atoms with Gasteiger partial charge in [-0.2, -0.15) is 0 Å². The van der Waals surface area contributed by atoms with Crippen LogP contribution < -0.4 is 10.1 Å². The fourth-order valence-electron chi connectivity index (χ4n) is 3.08. The standard InChI is InChI=1S/C18H17ClN2O7/c1-18(17(24)27-2)16(23)15(20-12-7-9(19)3-5-13(12)22)11-8-10(21(25)26)4-6-14(11)28-18/h3-8,15-16,20,22-23H,1-2H3/t15-,16+,18+/m0/s1. The van der Waals surface area contributed by atoms with Crippen molar-refractivity contribution in [1.82, 2.24) is 0 Å². The Labute approximate surface area is 164 Å². The van der Waals surface area contributed by atoms with Crippen LogP contribution in [0.5, 0.6) is 11.5 Å². The Bertz CT molecular complexity index is 952. The van der Waals surface area contributed by atoms with Gasteiger partial charge in [0.2, 0.25) is 5.60 Å². The molecule has 2 aromatic carbocycles. The Morgan fingerprint density at radius 1 is 1.36 bits per heavy atom. The Morgan fingerprint density at radius 2 is 2.07 bits per heavy atom. The van der Waals surface area contributed by atoms with Crippen LogP contribution in [0.4, 0.5) is 11.4 Å². The molecule has 3 atom stereocenters. The summed E-state index contributed by atoms with van der Waals surface area (Å²) in [6.45, 7) is 1.35. The number of hydrogen-bond acceptors (Lipinski definition) is 8. The van der Waals surface area contributed by atoms with Crippen LogP contribution in [0.25, 0.3) is 0 Å². The number of ether oxygens (including phenoxy) is 2. The molecular weight excluding hydrogens is 392 g/mol. The molecule has 0 fully saturated rings. The van der Waals surface area contributed by atoms with Crippen molar-refractivity contribution in [2.45, 2.75) is 24.7 Å². The third-order valence-electron chi connectivity index (χ3n) is 4.60. The van der Waals surface area contributed by atoms with Crippen LogP contribution >= 0.6 is 11.6 Å². The second-order valence-corrected chi connectivity index (χ2v) is 6.84. The summed E-state index contributed by atoms with van der Waals surface area (Å²) in [5, 5.41) is 35.4. The van der Waals surface area contributed by atoms with Gasteiger partial charge in [0.25, 0.3) is 5.69 Å². The maximum Gasteiger partial charge on any atom is 0.352 e. The van der Waals surface area contributed by atoms with Gasteiger partial charge in [-0.15, -0.1) is 0 Å². The Morgan fingerprint density at radius 3 is 2.71 bits per heavy atom. The fraction of sp³-hybridized carbons (Fsp3) is 0.278. The number of nitrogens with one attached hydrogen (secondary N) is 1. The minimum absolute atomic E-state index is 0.155. The van der Waals surface area contributed by atoms with Crippen molar-refractivity contribution in [3.8, 4) is 11.5 Å². The number of halogens is 1. The van der Waals surface area contributed by atoms with Gasteiger partial charge in [0.05, 0.1) is 23.8 Å². The molecule has 0 aromatic heterocycles.